The largest absolute Gasteiger partial charge is 0.357 e. The molecule has 0 radical (unpaired) electrons. The number of benzene rings is 1. The lowest BCUT2D eigenvalue weighted by molar-refractivity contribution is 0.245. The van der Waals surface area contributed by atoms with E-state index in [-0.39, 0.29) is 36.3 Å². The average molecular weight is 497 g/mol. The van der Waals surface area contributed by atoms with Crippen molar-refractivity contribution in [2.45, 2.75) is 32.4 Å². The van der Waals surface area contributed by atoms with Crippen LogP contribution in [-0.2, 0) is 6.54 Å². The van der Waals surface area contributed by atoms with Crippen molar-refractivity contribution in [1.29, 1.82) is 0 Å². The minimum absolute atomic E-state index is 0. The first kappa shape index (κ1) is 22.5. The molecule has 2 aromatic rings. The number of hydrogen-bond acceptors (Lipinski definition) is 3. The number of nitrogens with zero attached hydrogens (tertiary/aromatic N) is 3. The molecular weight excluding hydrogens is 468 g/mol. The zero-order valence-corrected chi connectivity index (χ0v) is 18.6. The van der Waals surface area contributed by atoms with Gasteiger partial charge in [-0.25, -0.2) is 9.38 Å². The summed E-state index contributed by atoms with van der Waals surface area (Å²) in [6.07, 6.45) is 4.08. The molecule has 28 heavy (non-hydrogen) atoms. The van der Waals surface area contributed by atoms with E-state index >= 15 is 0 Å². The molecule has 1 aliphatic rings. The van der Waals surface area contributed by atoms with E-state index in [2.05, 4.69) is 49.8 Å². The summed E-state index contributed by atoms with van der Waals surface area (Å²) >= 11 is 0. The van der Waals surface area contributed by atoms with Crippen LogP contribution in [0.5, 0.6) is 0 Å². The van der Waals surface area contributed by atoms with Gasteiger partial charge in [0, 0.05) is 19.3 Å². The number of pyridine rings is 1. The van der Waals surface area contributed by atoms with Crippen LogP contribution in [0.2, 0.25) is 0 Å². The summed E-state index contributed by atoms with van der Waals surface area (Å²) < 4.78 is 13.8. The second-order valence-corrected chi connectivity index (χ2v) is 6.68. The van der Waals surface area contributed by atoms with Crippen molar-refractivity contribution in [3.63, 3.8) is 0 Å². The highest BCUT2D eigenvalue weighted by Crippen LogP contribution is 2.24. The van der Waals surface area contributed by atoms with Gasteiger partial charge in [-0.3, -0.25) is 9.88 Å². The third kappa shape index (κ3) is 6.41. The Morgan fingerprint density at radius 2 is 1.89 bits per heavy atom. The van der Waals surface area contributed by atoms with E-state index in [1.807, 2.05) is 13.0 Å². The molecule has 2 heterocycles. The van der Waals surface area contributed by atoms with Crippen molar-refractivity contribution in [2.75, 3.05) is 26.2 Å². The molecule has 0 aliphatic carbocycles. The number of nitrogens with one attached hydrogen (secondary N) is 2. The van der Waals surface area contributed by atoms with Crippen molar-refractivity contribution in [3.8, 4) is 0 Å². The molecule has 7 heteroatoms. The molecular formula is C21H29FIN5. The quantitative estimate of drug-likeness (QED) is 0.348. The number of likely N-dealkylation sites (tertiary alicyclic amines) is 1. The minimum Gasteiger partial charge on any atom is -0.357 e. The molecule has 0 spiro atoms. The monoisotopic (exact) mass is 497 g/mol. The molecule has 1 aromatic heterocycles. The summed E-state index contributed by atoms with van der Waals surface area (Å²) in [7, 11) is 0. The van der Waals surface area contributed by atoms with Gasteiger partial charge in [0.25, 0.3) is 0 Å². The summed E-state index contributed by atoms with van der Waals surface area (Å²) in [5, 5.41) is 6.67. The maximum Gasteiger partial charge on any atom is 0.191 e. The van der Waals surface area contributed by atoms with Crippen LogP contribution in [0.15, 0.2) is 53.7 Å². The smallest absolute Gasteiger partial charge is 0.191 e. The summed E-state index contributed by atoms with van der Waals surface area (Å²) in [5.74, 6) is 0.360. The Morgan fingerprint density at radius 1 is 1.14 bits per heavy atom. The van der Waals surface area contributed by atoms with Crippen LogP contribution >= 0.6 is 24.0 Å². The fourth-order valence-electron chi connectivity index (χ4n) is 3.41. The van der Waals surface area contributed by atoms with Gasteiger partial charge in [-0.15, -0.1) is 24.0 Å². The summed E-state index contributed by atoms with van der Waals surface area (Å²) in [6, 6.07) is 13.9. The Hall–Kier alpha value is -1.74. The van der Waals surface area contributed by atoms with Gasteiger partial charge in [0.1, 0.15) is 5.82 Å². The summed E-state index contributed by atoms with van der Waals surface area (Å²) in [4.78, 5) is 11.1. The van der Waals surface area contributed by atoms with E-state index < -0.39 is 0 Å². The molecule has 5 nitrogen and oxygen atoms in total. The van der Waals surface area contributed by atoms with Gasteiger partial charge in [-0.2, -0.15) is 0 Å². The van der Waals surface area contributed by atoms with Crippen molar-refractivity contribution >= 4 is 29.9 Å². The number of rotatable bonds is 7. The normalized spacial score (nSPS) is 15.7. The van der Waals surface area contributed by atoms with Crippen molar-refractivity contribution < 1.29 is 4.39 Å². The second kappa shape index (κ2) is 12.0. The summed E-state index contributed by atoms with van der Waals surface area (Å²) in [5.41, 5.74) is 1.66. The number of guanidine groups is 1. The average Bonchev–Trinajstić information content (AvgIpc) is 3.22. The Balaban J connectivity index is 0.00000280. The molecule has 0 bridgehead atoms. The van der Waals surface area contributed by atoms with Crippen LogP contribution in [0.25, 0.3) is 0 Å². The van der Waals surface area contributed by atoms with Gasteiger partial charge in [-0.1, -0.05) is 30.3 Å². The molecule has 152 valence electrons. The lowest BCUT2D eigenvalue weighted by Gasteiger charge is -2.29. The molecule has 1 aromatic carbocycles. The number of halogens is 2. The minimum atomic E-state index is -0.323. The van der Waals surface area contributed by atoms with E-state index in [4.69, 9.17) is 0 Å². The van der Waals surface area contributed by atoms with Gasteiger partial charge in [-0.05, 0) is 50.6 Å². The highest BCUT2D eigenvalue weighted by Gasteiger charge is 2.23. The first-order chi connectivity index (χ1) is 13.3. The molecule has 1 fully saturated rings. The van der Waals surface area contributed by atoms with Crippen molar-refractivity contribution in [3.05, 3.63) is 65.7 Å². The van der Waals surface area contributed by atoms with E-state index in [9.17, 15) is 4.39 Å². The lowest BCUT2D eigenvalue weighted by atomic mass is 10.1. The van der Waals surface area contributed by atoms with Crippen LogP contribution in [-0.4, -0.2) is 42.0 Å². The predicted octanol–water partition coefficient (Wildman–Crippen LogP) is 3.73. The zero-order chi connectivity index (χ0) is 18.9. The molecule has 1 atom stereocenters. The Kier molecular flexibility index (Phi) is 9.63. The third-order valence-corrected chi connectivity index (χ3v) is 4.79. The van der Waals surface area contributed by atoms with Crippen LogP contribution in [0.1, 0.15) is 37.1 Å². The van der Waals surface area contributed by atoms with E-state index in [0.717, 1.165) is 26.2 Å². The van der Waals surface area contributed by atoms with Gasteiger partial charge in [0.15, 0.2) is 5.96 Å². The van der Waals surface area contributed by atoms with Crippen LogP contribution in [0.3, 0.4) is 0 Å². The van der Waals surface area contributed by atoms with Crippen LogP contribution < -0.4 is 10.6 Å². The highest BCUT2D eigenvalue weighted by molar-refractivity contribution is 14.0. The number of hydrogen-bond donors (Lipinski definition) is 2. The van der Waals surface area contributed by atoms with Crippen molar-refractivity contribution in [1.82, 2.24) is 20.5 Å². The molecule has 1 saturated heterocycles. The van der Waals surface area contributed by atoms with Gasteiger partial charge >= 0.3 is 0 Å². The van der Waals surface area contributed by atoms with E-state index in [1.165, 1.54) is 24.5 Å². The topological polar surface area (TPSA) is 52.6 Å². The Bertz CT molecular complexity index is 735. The lowest BCUT2D eigenvalue weighted by Crippen LogP contribution is -2.42. The van der Waals surface area contributed by atoms with Crippen LogP contribution in [0.4, 0.5) is 4.39 Å². The highest BCUT2D eigenvalue weighted by atomic mass is 127. The summed E-state index contributed by atoms with van der Waals surface area (Å²) in [6.45, 7) is 5.97. The van der Waals surface area contributed by atoms with Gasteiger partial charge in [0.05, 0.1) is 18.3 Å². The fraction of sp³-hybridized carbons (Fsp3) is 0.429. The van der Waals surface area contributed by atoms with E-state index in [1.54, 1.807) is 12.3 Å². The maximum absolute atomic E-state index is 13.8. The molecule has 2 N–H and O–H groups in total. The molecule has 1 aliphatic heterocycles. The van der Waals surface area contributed by atoms with Gasteiger partial charge in [0.2, 0.25) is 0 Å². The predicted molar refractivity (Wildman–Crippen MR) is 122 cm³/mol. The molecule has 3 rings (SSSR count). The number of aliphatic imine (C=N–C) groups is 1. The van der Waals surface area contributed by atoms with Crippen molar-refractivity contribution in [2.24, 2.45) is 4.99 Å². The maximum atomic E-state index is 13.8. The molecule has 1 unspecified atom stereocenters. The van der Waals surface area contributed by atoms with Crippen LogP contribution in [0, 0.1) is 5.82 Å². The Morgan fingerprint density at radius 3 is 2.57 bits per heavy atom. The third-order valence-electron chi connectivity index (χ3n) is 4.79. The zero-order valence-electron chi connectivity index (χ0n) is 16.3. The van der Waals surface area contributed by atoms with Gasteiger partial charge < -0.3 is 10.6 Å². The fourth-order valence-corrected chi connectivity index (χ4v) is 3.41. The SMILES string of the molecule is CCNC(=NCc1ncccc1F)NCC(c1ccccc1)N1CCCC1.I. The van der Waals surface area contributed by atoms with E-state index in [0.29, 0.717) is 17.7 Å². The standard InChI is InChI=1S/C21H28FN5.HI/c1-2-23-21(25-15-19-18(22)11-8-12-24-19)26-16-20(27-13-6-7-14-27)17-9-4-3-5-10-17;/h3-5,8-12,20H,2,6-7,13-16H2,1H3,(H2,23,25,26);1H. The molecule has 0 amide bonds. The second-order valence-electron chi connectivity index (χ2n) is 6.68. The first-order valence-electron chi connectivity index (χ1n) is 9.68. The molecule has 0 saturated carbocycles. The first-order valence-corrected chi connectivity index (χ1v) is 9.68. The Labute approximate surface area is 183 Å². The number of aromatic nitrogens is 1.